The third kappa shape index (κ3) is 3.18. The molecule has 106 valence electrons. The van der Waals surface area contributed by atoms with Crippen LogP contribution in [0.5, 0.6) is 0 Å². The second-order valence-corrected chi connectivity index (χ2v) is 5.78. The molecule has 2 unspecified atom stereocenters. The third-order valence-corrected chi connectivity index (χ3v) is 4.47. The monoisotopic (exact) mass is 262 g/mol. The second kappa shape index (κ2) is 6.06. The van der Waals surface area contributed by atoms with Crippen molar-refractivity contribution in [2.45, 2.75) is 64.6 Å². The van der Waals surface area contributed by atoms with E-state index in [1.807, 2.05) is 13.8 Å². The summed E-state index contributed by atoms with van der Waals surface area (Å²) >= 11 is 0. The third-order valence-electron chi connectivity index (χ3n) is 4.47. The zero-order valence-corrected chi connectivity index (χ0v) is 12.4. The molecule has 2 heteroatoms. The van der Waals surface area contributed by atoms with Crippen molar-refractivity contribution < 1.29 is 9.84 Å². The largest absolute Gasteiger partial charge is 0.390 e. The van der Waals surface area contributed by atoms with Gasteiger partial charge in [0.1, 0.15) is 0 Å². The van der Waals surface area contributed by atoms with E-state index >= 15 is 0 Å². The summed E-state index contributed by atoms with van der Waals surface area (Å²) in [5.74, 6) is 0. The Kier molecular flexibility index (Phi) is 4.64. The van der Waals surface area contributed by atoms with E-state index in [0.29, 0.717) is 13.0 Å². The number of hydrogen-bond donors (Lipinski definition) is 1. The van der Waals surface area contributed by atoms with Crippen LogP contribution in [0, 0.1) is 0 Å². The minimum Gasteiger partial charge on any atom is -0.390 e. The van der Waals surface area contributed by atoms with E-state index in [1.54, 1.807) is 0 Å². The van der Waals surface area contributed by atoms with Crippen molar-refractivity contribution in [1.82, 2.24) is 0 Å². The first-order valence-electron chi connectivity index (χ1n) is 7.51. The maximum absolute atomic E-state index is 10.5. The second-order valence-electron chi connectivity index (χ2n) is 5.78. The Hall–Kier alpha value is -0.860. The number of aryl methyl sites for hydroxylation is 2. The van der Waals surface area contributed by atoms with Crippen molar-refractivity contribution in [3.8, 4) is 0 Å². The summed E-state index contributed by atoms with van der Waals surface area (Å²) in [6, 6.07) is 6.66. The molecule has 1 aliphatic rings. The zero-order valence-electron chi connectivity index (χ0n) is 12.4. The number of hydrogen-bond acceptors (Lipinski definition) is 2. The molecule has 2 rings (SSSR count). The Bertz CT molecular complexity index is 427. The molecule has 0 saturated carbocycles. The Labute approximate surface area is 116 Å². The van der Waals surface area contributed by atoms with Crippen LogP contribution in [0.15, 0.2) is 18.2 Å². The van der Waals surface area contributed by atoms with Gasteiger partial charge in [0, 0.05) is 13.0 Å². The van der Waals surface area contributed by atoms with Gasteiger partial charge in [-0.2, -0.15) is 0 Å². The highest BCUT2D eigenvalue weighted by Crippen LogP contribution is 2.26. The van der Waals surface area contributed by atoms with Crippen LogP contribution in [-0.4, -0.2) is 23.4 Å². The zero-order chi connectivity index (χ0) is 13.9. The van der Waals surface area contributed by atoms with Crippen molar-refractivity contribution in [3.63, 3.8) is 0 Å². The van der Waals surface area contributed by atoms with E-state index in [0.717, 1.165) is 6.42 Å². The first kappa shape index (κ1) is 14.5. The first-order valence-corrected chi connectivity index (χ1v) is 7.51. The van der Waals surface area contributed by atoms with Crippen LogP contribution >= 0.6 is 0 Å². The van der Waals surface area contributed by atoms with Crippen molar-refractivity contribution in [3.05, 3.63) is 34.9 Å². The summed E-state index contributed by atoms with van der Waals surface area (Å²) < 4.78 is 5.76. The predicted molar refractivity (Wildman–Crippen MR) is 78.5 cm³/mol. The summed E-state index contributed by atoms with van der Waals surface area (Å²) in [5.41, 5.74) is 3.75. The van der Waals surface area contributed by atoms with E-state index in [9.17, 15) is 5.11 Å². The topological polar surface area (TPSA) is 29.5 Å². The van der Waals surface area contributed by atoms with Gasteiger partial charge in [0.25, 0.3) is 0 Å². The lowest BCUT2D eigenvalue weighted by Crippen LogP contribution is -2.42. The van der Waals surface area contributed by atoms with Crippen LogP contribution in [0.4, 0.5) is 0 Å². The van der Waals surface area contributed by atoms with E-state index in [1.165, 1.54) is 36.0 Å². The number of ether oxygens (including phenoxy) is 1. The average molecular weight is 262 g/mol. The van der Waals surface area contributed by atoms with Crippen LogP contribution in [0.1, 0.15) is 50.3 Å². The molecule has 0 aliphatic heterocycles. The molecule has 1 N–H and O–H groups in total. The molecule has 1 aliphatic carbocycles. The van der Waals surface area contributed by atoms with Gasteiger partial charge in [-0.3, -0.25) is 0 Å². The molecule has 2 nitrogen and oxygen atoms in total. The van der Waals surface area contributed by atoms with Crippen LogP contribution in [0.3, 0.4) is 0 Å². The van der Waals surface area contributed by atoms with Gasteiger partial charge >= 0.3 is 0 Å². The molecule has 0 heterocycles. The Balaban J connectivity index is 2.07. The highest BCUT2D eigenvalue weighted by molar-refractivity contribution is 5.35. The normalized spacial score (nSPS) is 18.9. The molecule has 19 heavy (non-hydrogen) atoms. The Morgan fingerprint density at radius 3 is 2.68 bits per heavy atom. The SMILES string of the molecule is CCOC(C)(CC)C(O)Cc1ccc2c(c1)CCC2. The van der Waals surface area contributed by atoms with Crippen molar-refractivity contribution in [2.24, 2.45) is 0 Å². The fourth-order valence-corrected chi connectivity index (χ4v) is 2.95. The molecule has 0 aromatic heterocycles. The lowest BCUT2D eigenvalue weighted by Gasteiger charge is -2.33. The summed E-state index contributed by atoms with van der Waals surface area (Å²) in [4.78, 5) is 0. The fraction of sp³-hybridized carbons (Fsp3) is 0.647. The van der Waals surface area contributed by atoms with E-state index < -0.39 is 11.7 Å². The number of fused-ring (bicyclic) bond motifs is 1. The van der Waals surface area contributed by atoms with Gasteiger partial charge in [0.05, 0.1) is 11.7 Å². The minimum absolute atomic E-state index is 0.437. The molecule has 0 fully saturated rings. The molecule has 0 radical (unpaired) electrons. The van der Waals surface area contributed by atoms with Crippen LogP contribution in [0.2, 0.25) is 0 Å². The van der Waals surface area contributed by atoms with E-state index in [4.69, 9.17) is 4.74 Å². The summed E-state index contributed by atoms with van der Waals surface area (Å²) in [7, 11) is 0. The summed E-state index contributed by atoms with van der Waals surface area (Å²) in [6.45, 7) is 6.71. The summed E-state index contributed by atoms with van der Waals surface area (Å²) in [5, 5.41) is 10.5. The predicted octanol–water partition coefficient (Wildman–Crippen LogP) is 3.28. The highest BCUT2D eigenvalue weighted by Gasteiger charge is 2.31. The highest BCUT2D eigenvalue weighted by atomic mass is 16.5. The van der Waals surface area contributed by atoms with Gasteiger partial charge in [0.2, 0.25) is 0 Å². The van der Waals surface area contributed by atoms with Crippen molar-refractivity contribution >= 4 is 0 Å². The minimum atomic E-state index is -0.447. The summed E-state index contributed by atoms with van der Waals surface area (Å²) in [6.07, 6.45) is 4.73. The quantitative estimate of drug-likeness (QED) is 0.852. The van der Waals surface area contributed by atoms with E-state index in [-0.39, 0.29) is 0 Å². The fourth-order valence-electron chi connectivity index (χ4n) is 2.95. The van der Waals surface area contributed by atoms with Crippen LogP contribution < -0.4 is 0 Å². The lowest BCUT2D eigenvalue weighted by atomic mass is 9.90. The molecule has 1 aromatic rings. The standard InChI is InChI=1S/C17H26O2/c1-4-17(3,19-5-2)16(18)12-13-9-10-14-7-6-8-15(14)11-13/h9-11,16,18H,4-8,12H2,1-3H3. The van der Waals surface area contributed by atoms with Gasteiger partial charge in [-0.25, -0.2) is 0 Å². The van der Waals surface area contributed by atoms with Gasteiger partial charge in [-0.05, 0) is 56.2 Å². The molecule has 2 atom stereocenters. The smallest absolute Gasteiger partial charge is 0.0912 e. The van der Waals surface area contributed by atoms with Crippen molar-refractivity contribution in [1.29, 1.82) is 0 Å². The van der Waals surface area contributed by atoms with Crippen LogP contribution in [0.25, 0.3) is 0 Å². The Morgan fingerprint density at radius 2 is 2.00 bits per heavy atom. The molecular weight excluding hydrogens is 236 g/mol. The lowest BCUT2D eigenvalue weighted by molar-refractivity contribution is -0.110. The van der Waals surface area contributed by atoms with Gasteiger partial charge in [-0.15, -0.1) is 0 Å². The van der Waals surface area contributed by atoms with Crippen molar-refractivity contribution in [2.75, 3.05) is 6.61 Å². The molecular formula is C17H26O2. The van der Waals surface area contributed by atoms with Crippen LogP contribution in [-0.2, 0) is 24.0 Å². The number of rotatable bonds is 6. The van der Waals surface area contributed by atoms with Gasteiger partial charge < -0.3 is 9.84 Å². The first-order chi connectivity index (χ1) is 9.09. The molecule has 0 spiro atoms. The van der Waals surface area contributed by atoms with Gasteiger partial charge in [-0.1, -0.05) is 25.1 Å². The number of aliphatic hydroxyl groups is 1. The van der Waals surface area contributed by atoms with Gasteiger partial charge in [0.15, 0.2) is 0 Å². The van der Waals surface area contributed by atoms with E-state index in [2.05, 4.69) is 25.1 Å². The Morgan fingerprint density at radius 1 is 1.26 bits per heavy atom. The molecule has 1 aromatic carbocycles. The molecule has 0 saturated heterocycles. The maximum Gasteiger partial charge on any atom is 0.0912 e. The molecule has 0 bridgehead atoms. The maximum atomic E-state index is 10.5. The number of aliphatic hydroxyl groups excluding tert-OH is 1. The molecule has 0 amide bonds. The average Bonchev–Trinajstić information content (AvgIpc) is 2.86. The number of benzene rings is 1.